The largest absolute Gasteiger partial charge is 0.487 e. The van der Waals surface area contributed by atoms with Gasteiger partial charge in [-0.25, -0.2) is 0 Å². The molecule has 1 unspecified atom stereocenters. The first kappa shape index (κ1) is 28.2. The lowest BCUT2D eigenvalue weighted by Gasteiger charge is -2.26. The van der Waals surface area contributed by atoms with Crippen LogP contribution in [0.25, 0.3) is 0 Å². The molecule has 1 amide bonds. The molecule has 198 valence electrons. The topological polar surface area (TPSA) is 73.8 Å². The van der Waals surface area contributed by atoms with Crippen LogP contribution in [0.5, 0.6) is 5.75 Å². The van der Waals surface area contributed by atoms with Crippen molar-refractivity contribution in [3.8, 4) is 5.75 Å². The third-order valence-corrected chi connectivity index (χ3v) is 6.95. The van der Waals surface area contributed by atoms with Crippen LogP contribution < -0.4 is 15.4 Å². The smallest absolute Gasteiger partial charge is 0.211 e. The Balaban J connectivity index is 1.25. The quantitative estimate of drug-likeness (QED) is 0.183. The molecule has 36 heavy (non-hydrogen) atoms. The van der Waals surface area contributed by atoms with Crippen LogP contribution in [0.1, 0.15) is 81.4 Å². The van der Waals surface area contributed by atoms with Gasteiger partial charge in [0.25, 0.3) is 0 Å². The van der Waals surface area contributed by atoms with Crippen LogP contribution in [0.3, 0.4) is 0 Å². The number of nitrogens with zero attached hydrogens (tertiary/aromatic N) is 1. The number of ether oxygens (including phenoxy) is 1. The van der Waals surface area contributed by atoms with Crippen molar-refractivity contribution in [1.29, 1.82) is 0 Å². The molecule has 0 aromatic heterocycles. The first-order valence-corrected chi connectivity index (χ1v) is 13.9. The van der Waals surface area contributed by atoms with Crippen LogP contribution >= 0.6 is 0 Å². The van der Waals surface area contributed by atoms with Crippen molar-refractivity contribution in [3.05, 3.63) is 59.7 Å². The summed E-state index contributed by atoms with van der Waals surface area (Å²) in [4.78, 5) is 13.7. The molecule has 0 aliphatic carbocycles. The molecular weight excluding hydrogens is 450 g/mol. The van der Waals surface area contributed by atoms with Crippen molar-refractivity contribution < 1.29 is 14.6 Å². The zero-order valence-electron chi connectivity index (χ0n) is 21.8. The zero-order chi connectivity index (χ0) is 25.3. The lowest BCUT2D eigenvalue weighted by atomic mass is 10.1. The van der Waals surface area contributed by atoms with Gasteiger partial charge in [0.1, 0.15) is 12.4 Å². The number of amides is 1. The number of piperidine rings is 1. The monoisotopic (exact) mass is 495 g/mol. The van der Waals surface area contributed by atoms with Crippen molar-refractivity contribution in [1.82, 2.24) is 10.2 Å². The van der Waals surface area contributed by atoms with Gasteiger partial charge in [-0.3, -0.25) is 4.79 Å². The van der Waals surface area contributed by atoms with Gasteiger partial charge in [-0.1, -0.05) is 74.9 Å². The number of rotatable bonds is 18. The molecule has 3 N–H and O–H groups in total. The number of aliphatic hydroxyl groups is 1. The van der Waals surface area contributed by atoms with Crippen molar-refractivity contribution >= 4 is 12.1 Å². The Kier molecular flexibility index (Phi) is 13.4. The minimum absolute atomic E-state index is 0.413. The van der Waals surface area contributed by atoms with E-state index in [1.165, 1.54) is 77.4 Å². The van der Waals surface area contributed by atoms with Crippen LogP contribution in [0.15, 0.2) is 48.5 Å². The highest BCUT2D eigenvalue weighted by atomic mass is 16.5. The van der Waals surface area contributed by atoms with Gasteiger partial charge in [0.05, 0.1) is 11.8 Å². The molecule has 1 fully saturated rings. The molecule has 2 aromatic rings. The predicted octanol–water partition coefficient (Wildman–Crippen LogP) is 5.67. The molecule has 0 radical (unpaired) electrons. The summed E-state index contributed by atoms with van der Waals surface area (Å²) in [6.45, 7) is 5.73. The summed E-state index contributed by atoms with van der Waals surface area (Å²) in [5.74, 6) is 0.585. The van der Waals surface area contributed by atoms with E-state index >= 15 is 0 Å². The van der Waals surface area contributed by atoms with E-state index in [9.17, 15) is 9.90 Å². The van der Waals surface area contributed by atoms with E-state index in [-0.39, 0.29) is 0 Å². The van der Waals surface area contributed by atoms with Crippen molar-refractivity contribution in [3.63, 3.8) is 0 Å². The summed E-state index contributed by atoms with van der Waals surface area (Å²) in [5.41, 5.74) is 2.37. The standard InChI is InChI=1S/C30H45N3O3/c34-25-32-28-22-27(16-17-30(28)36-24-26-14-8-6-9-15-26)29(35)23-31-18-10-4-2-1-3-5-11-19-33-20-12-7-13-21-33/h6,8-9,14-17,22,25,29,31,35H,1-5,7,10-13,18-21,23-24H2,(H,32,34). The molecular formula is C30H45N3O3. The third-order valence-electron chi connectivity index (χ3n) is 6.95. The summed E-state index contributed by atoms with van der Waals surface area (Å²) in [6, 6.07) is 15.3. The molecule has 6 heteroatoms. The minimum Gasteiger partial charge on any atom is -0.487 e. The Morgan fingerprint density at radius 2 is 1.64 bits per heavy atom. The van der Waals surface area contributed by atoms with Crippen molar-refractivity contribution in [2.24, 2.45) is 0 Å². The van der Waals surface area contributed by atoms with E-state index in [1.807, 2.05) is 36.4 Å². The molecule has 0 spiro atoms. The van der Waals surface area contributed by atoms with E-state index < -0.39 is 6.10 Å². The SMILES string of the molecule is O=CNc1cc(C(O)CNCCCCCCCCCN2CCCCC2)ccc1OCc1ccccc1. The Morgan fingerprint density at radius 3 is 2.39 bits per heavy atom. The van der Waals surface area contributed by atoms with Gasteiger partial charge in [0.15, 0.2) is 0 Å². The Hall–Kier alpha value is -2.41. The molecule has 1 aliphatic heterocycles. The molecule has 1 aliphatic rings. The Labute approximate surface area is 217 Å². The average Bonchev–Trinajstić information content (AvgIpc) is 2.92. The maximum atomic E-state index is 11.1. The highest BCUT2D eigenvalue weighted by Crippen LogP contribution is 2.29. The fourth-order valence-corrected chi connectivity index (χ4v) is 4.80. The summed E-state index contributed by atoms with van der Waals surface area (Å²) in [6.07, 6.45) is 13.2. The molecule has 0 bridgehead atoms. The maximum absolute atomic E-state index is 11.1. The van der Waals surface area contributed by atoms with Crippen LogP contribution in [0, 0.1) is 0 Å². The first-order valence-electron chi connectivity index (χ1n) is 13.9. The molecule has 6 nitrogen and oxygen atoms in total. The molecule has 1 atom stereocenters. The summed E-state index contributed by atoms with van der Waals surface area (Å²) in [5, 5.41) is 16.7. The van der Waals surface area contributed by atoms with E-state index in [1.54, 1.807) is 12.1 Å². The van der Waals surface area contributed by atoms with Gasteiger partial charge in [0, 0.05) is 6.54 Å². The van der Waals surface area contributed by atoms with Crippen molar-refractivity contribution in [2.75, 3.05) is 38.0 Å². The van der Waals surface area contributed by atoms with E-state index in [4.69, 9.17) is 4.74 Å². The molecule has 1 heterocycles. The lowest BCUT2D eigenvalue weighted by molar-refractivity contribution is -0.105. The van der Waals surface area contributed by atoms with Gasteiger partial charge in [0.2, 0.25) is 6.41 Å². The summed E-state index contributed by atoms with van der Waals surface area (Å²) >= 11 is 0. The average molecular weight is 496 g/mol. The second kappa shape index (κ2) is 17.1. The lowest BCUT2D eigenvalue weighted by Crippen LogP contribution is -2.30. The van der Waals surface area contributed by atoms with Crippen LogP contribution in [-0.2, 0) is 11.4 Å². The number of likely N-dealkylation sites (tertiary alicyclic amines) is 1. The van der Waals surface area contributed by atoms with E-state index in [2.05, 4.69) is 15.5 Å². The van der Waals surface area contributed by atoms with E-state index in [0.29, 0.717) is 31.0 Å². The normalized spacial score (nSPS) is 14.9. The number of carbonyl (C=O) groups excluding carboxylic acids is 1. The molecule has 3 rings (SSSR count). The minimum atomic E-state index is -0.639. The number of anilines is 1. The van der Waals surface area contributed by atoms with E-state index in [0.717, 1.165) is 24.1 Å². The van der Waals surface area contributed by atoms with Crippen LogP contribution in [0.2, 0.25) is 0 Å². The maximum Gasteiger partial charge on any atom is 0.211 e. The highest BCUT2D eigenvalue weighted by molar-refractivity contribution is 5.75. The predicted molar refractivity (Wildman–Crippen MR) is 147 cm³/mol. The zero-order valence-corrected chi connectivity index (χ0v) is 21.8. The van der Waals surface area contributed by atoms with Gasteiger partial charge >= 0.3 is 0 Å². The Morgan fingerprint density at radius 1 is 0.917 bits per heavy atom. The van der Waals surface area contributed by atoms with Gasteiger partial charge in [-0.05, 0) is 75.1 Å². The molecule has 1 saturated heterocycles. The fourth-order valence-electron chi connectivity index (χ4n) is 4.80. The number of hydrogen-bond acceptors (Lipinski definition) is 5. The Bertz CT molecular complexity index is 856. The number of hydrogen-bond donors (Lipinski definition) is 3. The first-order chi connectivity index (χ1) is 17.8. The number of aliphatic hydroxyl groups excluding tert-OH is 1. The second-order valence-corrected chi connectivity index (χ2v) is 9.89. The molecule has 2 aromatic carbocycles. The fraction of sp³-hybridized carbons (Fsp3) is 0.567. The number of carbonyl (C=O) groups is 1. The summed E-state index contributed by atoms with van der Waals surface area (Å²) in [7, 11) is 0. The third kappa shape index (κ3) is 10.7. The number of benzene rings is 2. The molecule has 0 saturated carbocycles. The second-order valence-electron chi connectivity index (χ2n) is 9.89. The van der Waals surface area contributed by atoms with Crippen LogP contribution in [-0.4, -0.2) is 49.1 Å². The number of unbranched alkanes of at least 4 members (excludes halogenated alkanes) is 6. The van der Waals surface area contributed by atoms with Gasteiger partial charge in [-0.2, -0.15) is 0 Å². The highest BCUT2D eigenvalue weighted by Gasteiger charge is 2.12. The van der Waals surface area contributed by atoms with Gasteiger partial charge < -0.3 is 25.4 Å². The number of nitrogens with one attached hydrogen (secondary N) is 2. The van der Waals surface area contributed by atoms with Crippen molar-refractivity contribution in [2.45, 2.75) is 76.9 Å². The van der Waals surface area contributed by atoms with Gasteiger partial charge in [-0.15, -0.1) is 0 Å². The van der Waals surface area contributed by atoms with Crippen LogP contribution in [0.4, 0.5) is 5.69 Å². The summed E-state index contributed by atoms with van der Waals surface area (Å²) < 4.78 is 5.88.